The molecule has 5 rings (SSSR count). The third kappa shape index (κ3) is 2.94. The summed E-state index contributed by atoms with van der Waals surface area (Å²) < 4.78 is 34.0. The second-order valence-corrected chi connectivity index (χ2v) is 10.1. The maximum Gasteiger partial charge on any atom is 0.235 e. The monoisotopic (exact) mass is 425 g/mol. The van der Waals surface area contributed by atoms with Crippen LogP contribution in [-0.2, 0) is 10.0 Å². The summed E-state index contributed by atoms with van der Waals surface area (Å²) in [7, 11) is -3.27. The standard InChI is InChI=1S/C21H23N5O3S/c1-13-18-19(17(12-22)20(23)29-21(18)26(24-13)16-8-9-16)14-4-6-15(7-5-14)25-10-2-3-11-30(25,27)28/h4-7,16,19H,2-3,8-11,23H2,1H3. The fourth-order valence-electron chi connectivity index (χ4n) is 4.35. The molecule has 0 radical (unpaired) electrons. The van der Waals surface area contributed by atoms with Gasteiger partial charge in [0.1, 0.15) is 11.6 Å². The van der Waals surface area contributed by atoms with Crippen molar-refractivity contribution in [3.63, 3.8) is 0 Å². The molecule has 1 unspecified atom stereocenters. The molecule has 0 amide bonds. The van der Waals surface area contributed by atoms with E-state index >= 15 is 0 Å². The molecule has 9 heteroatoms. The van der Waals surface area contributed by atoms with Crippen molar-refractivity contribution in [2.75, 3.05) is 16.6 Å². The van der Waals surface area contributed by atoms with E-state index in [1.807, 2.05) is 23.7 Å². The Kier molecular flexibility index (Phi) is 4.29. The maximum absolute atomic E-state index is 12.4. The zero-order valence-electron chi connectivity index (χ0n) is 16.7. The van der Waals surface area contributed by atoms with Crippen molar-refractivity contribution in [1.82, 2.24) is 9.78 Å². The van der Waals surface area contributed by atoms with Crippen LogP contribution in [0.2, 0.25) is 0 Å². The highest BCUT2D eigenvalue weighted by atomic mass is 32.2. The van der Waals surface area contributed by atoms with Crippen LogP contribution in [0.1, 0.15) is 54.5 Å². The first-order chi connectivity index (χ1) is 14.4. The summed E-state index contributed by atoms with van der Waals surface area (Å²) in [6.45, 7) is 2.41. The Balaban J connectivity index is 1.57. The van der Waals surface area contributed by atoms with Crippen molar-refractivity contribution in [3.05, 3.63) is 52.5 Å². The van der Waals surface area contributed by atoms with Crippen LogP contribution in [0, 0.1) is 18.3 Å². The van der Waals surface area contributed by atoms with Crippen LogP contribution in [-0.4, -0.2) is 30.5 Å². The summed E-state index contributed by atoms with van der Waals surface area (Å²) in [4.78, 5) is 0. The van der Waals surface area contributed by atoms with E-state index in [9.17, 15) is 13.7 Å². The summed E-state index contributed by atoms with van der Waals surface area (Å²) in [5, 5.41) is 14.4. The Bertz CT molecular complexity index is 1190. The Labute approximate surface area is 175 Å². The highest BCUT2D eigenvalue weighted by molar-refractivity contribution is 7.92. The molecule has 3 aliphatic rings. The number of nitrogens with two attached hydrogens (primary N) is 1. The van der Waals surface area contributed by atoms with Gasteiger partial charge in [-0.05, 0) is 50.3 Å². The molecule has 2 aromatic rings. The van der Waals surface area contributed by atoms with Crippen molar-refractivity contribution in [1.29, 1.82) is 5.26 Å². The van der Waals surface area contributed by atoms with E-state index in [0.29, 0.717) is 36.1 Å². The first-order valence-electron chi connectivity index (χ1n) is 10.2. The van der Waals surface area contributed by atoms with E-state index in [0.717, 1.165) is 36.1 Å². The van der Waals surface area contributed by atoms with E-state index in [1.165, 1.54) is 4.31 Å². The zero-order chi connectivity index (χ0) is 21.0. The first kappa shape index (κ1) is 19.0. The van der Waals surface area contributed by atoms with Gasteiger partial charge in [-0.3, -0.25) is 4.31 Å². The molecule has 1 saturated carbocycles. The Hall–Kier alpha value is -2.99. The fourth-order valence-corrected chi connectivity index (χ4v) is 5.99. The van der Waals surface area contributed by atoms with Gasteiger partial charge in [-0.1, -0.05) is 12.1 Å². The molecule has 1 saturated heterocycles. The summed E-state index contributed by atoms with van der Waals surface area (Å²) in [5.41, 5.74) is 9.63. The summed E-state index contributed by atoms with van der Waals surface area (Å²) >= 11 is 0. The predicted octanol–water partition coefficient (Wildman–Crippen LogP) is 2.67. The lowest BCUT2D eigenvalue weighted by Crippen LogP contribution is -2.37. The van der Waals surface area contributed by atoms with Crippen LogP contribution in [0.15, 0.2) is 35.7 Å². The van der Waals surface area contributed by atoms with Crippen LogP contribution in [0.5, 0.6) is 5.88 Å². The van der Waals surface area contributed by atoms with Gasteiger partial charge in [0.2, 0.25) is 21.8 Å². The van der Waals surface area contributed by atoms with Gasteiger partial charge in [0.25, 0.3) is 0 Å². The van der Waals surface area contributed by atoms with E-state index < -0.39 is 15.9 Å². The lowest BCUT2D eigenvalue weighted by molar-refractivity contribution is 0.347. The quantitative estimate of drug-likeness (QED) is 0.809. The molecule has 2 N–H and O–H groups in total. The number of anilines is 1. The first-order valence-corrected chi connectivity index (χ1v) is 11.8. The minimum atomic E-state index is -3.27. The lowest BCUT2D eigenvalue weighted by Gasteiger charge is -2.29. The number of hydrogen-bond donors (Lipinski definition) is 1. The van der Waals surface area contributed by atoms with Gasteiger partial charge in [0.15, 0.2) is 0 Å². The van der Waals surface area contributed by atoms with Crippen LogP contribution >= 0.6 is 0 Å². The molecule has 0 bridgehead atoms. The number of nitriles is 1. The molecule has 1 aliphatic carbocycles. The predicted molar refractivity (Wildman–Crippen MR) is 111 cm³/mol. The Morgan fingerprint density at radius 2 is 1.97 bits per heavy atom. The highest BCUT2D eigenvalue weighted by Gasteiger charge is 2.39. The number of aryl methyl sites for hydroxylation is 1. The molecule has 156 valence electrons. The van der Waals surface area contributed by atoms with Crippen molar-refractivity contribution >= 4 is 15.7 Å². The summed E-state index contributed by atoms with van der Waals surface area (Å²) in [5.74, 6) is 0.493. The number of nitrogens with zero attached hydrogens (tertiary/aromatic N) is 4. The zero-order valence-corrected chi connectivity index (χ0v) is 17.5. The molecule has 2 fully saturated rings. The molecule has 8 nitrogen and oxygen atoms in total. The maximum atomic E-state index is 12.4. The third-order valence-electron chi connectivity index (χ3n) is 6.01. The Morgan fingerprint density at radius 1 is 1.23 bits per heavy atom. The molecule has 3 heterocycles. The minimum Gasteiger partial charge on any atom is -0.422 e. The molecular formula is C21H23N5O3S. The highest BCUT2D eigenvalue weighted by Crippen LogP contribution is 2.48. The van der Waals surface area contributed by atoms with Crippen molar-refractivity contribution in [2.45, 2.75) is 44.6 Å². The van der Waals surface area contributed by atoms with Gasteiger partial charge in [0, 0.05) is 6.54 Å². The van der Waals surface area contributed by atoms with Gasteiger partial charge >= 0.3 is 0 Å². The average molecular weight is 426 g/mol. The molecule has 1 aromatic heterocycles. The van der Waals surface area contributed by atoms with Crippen LogP contribution in [0.25, 0.3) is 0 Å². The van der Waals surface area contributed by atoms with Gasteiger partial charge in [0.05, 0.1) is 34.7 Å². The largest absolute Gasteiger partial charge is 0.422 e. The SMILES string of the molecule is Cc1nn(C2CC2)c2c1C(c1ccc(N3CCCCS3(=O)=O)cc1)C(C#N)=C(N)O2. The number of allylic oxidation sites excluding steroid dienone is 1. The van der Waals surface area contributed by atoms with Gasteiger partial charge in [-0.2, -0.15) is 10.4 Å². The minimum absolute atomic E-state index is 0.0967. The van der Waals surface area contributed by atoms with Crippen LogP contribution in [0.3, 0.4) is 0 Å². The molecule has 2 aliphatic heterocycles. The number of fused-ring (bicyclic) bond motifs is 1. The molecule has 30 heavy (non-hydrogen) atoms. The van der Waals surface area contributed by atoms with E-state index in [-0.39, 0.29) is 11.6 Å². The van der Waals surface area contributed by atoms with Crippen LogP contribution in [0.4, 0.5) is 5.69 Å². The van der Waals surface area contributed by atoms with E-state index in [1.54, 1.807) is 12.1 Å². The van der Waals surface area contributed by atoms with Crippen molar-refractivity contribution < 1.29 is 13.2 Å². The van der Waals surface area contributed by atoms with Gasteiger partial charge in [-0.15, -0.1) is 0 Å². The van der Waals surface area contributed by atoms with Crippen LogP contribution < -0.4 is 14.8 Å². The Morgan fingerprint density at radius 3 is 2.60 bits per heavy atom. The van der Waals surface area contributed by atoms with Crippen molar-refractivity contribution in [3.8, 4) is 11.9 Å². The average Bonchev–Trinajstić information content (AvgIpc) is 3.51. The van der Waals surface area contributed by atoms with Crippen molar-refractivity contribution in [2.24, 2.45) is 5.73 Å². The van der Waals surface area contributed by atoms with Gasteiger partial charge < -0.3 is 10.5 Å². The number of benzene rings is 1. The second kappa shape index (κ2) is 6.77. The summed E-state index contributed by atoms with van der Waals surface area (Å²) in [6, 6.07) is 9.87. The third-order valence-corrected chi connectivity index (χ3v) is 7.88. The number of sulfonamides is 1. The second-order valence-electron chi connectivity index (χ2n) is 8.09. The number of ether oxygens (including phenoxy) is 1. The molecule has 1 aromatic carbocycles. The normalized spacial score (nSPS) is 22.9. The summed E-state index contributed by atoms with van der Waals surface area (Å²) in [6.07, 6.45) is 3.65. The smallest absolute Gasteiger partial charge is 0.235 e. The number of rotatable bonds is 3. The van der Waals surface area contributed by atoms with E-state index in [2.05, 4.69) is 11.2 Å². The lowest BCUT2D eigenvalue weighted by atomic mass is 9.84. The molecule has 1 atom stereocenters. The topological polar surface area (TPSA) is 114 Å². The van der Waals surface area contributed by atoms with E-state index in [4.69, 9.17) is 10.5 Å². The molecule has 0 spiro atoms. The number of aromatic nitrogens is 2. The number of hydrogen-bond acceptors (Lipinski definition) is 6. The fraction of sp³-hybridized carbons (Fsp3) is 0.429. The van der Waals surface area contributed by atoms with Gasteiger partial charge in [-0.25, -0.2) is 13.1 Å². The molecular weight excluding hydrogens is 402 g/mol.